The molecular weight excluding hydrogens is 602 g/mol. The Morgan fingerprint density at radius 1 is 1.00 bits per heavy atom. The number of anilines is 2. The van der Waals surface area contributed by atoms with Crippen LogP contribution in [-0.4, -0.2) is 28.5 Å². The first-order chi connectivity index (χ1) is 22.1. The number of carbonyl (C=O) groups is 1. The minimum absolute atomic E-state index is 0.0637. The number of aromatic nitrogens is 1. The lowest BCUT2D eigenvalue weighted by Gasteiger charge is -2.24. The number of halogens is 2. The van der Waals surface area contributed by atoms with E-state index in [0.29, 0.717) is 10.6 Å². The van der Waals surface area contributed by atoms with Crippen molar-refractivity contribution in [2.45, 2.75) is 79.6 Å². The summed E-state index contributed by atoms with van der Waals surface area (Å²) < 4.78 is 32.0. The molecule has 46 heavy (non-hydrogen) atoms. The van der Waals surface area contributed by atoms with Crippen molar-refractivity contribution in [3.63, 3.8) is 0 Å². The summed E-state index contributed by atoms with van der Waals surface area (Å²) in [5.41, 5.74) is 2.70. The number of thiophene rings is 1. The van der Waals surface area contributed by atoms with Crippen molar-refractivity contribution in [1.29, 1.82) is 0 Å². The van der Waals surface area contributed by atoms with Crippen molar-refractivity contribution in [1.82, 2.24) is 9.47 Å². The van der Waals surface area contributed by atoms with Crippen LogP contribution in [0.1, 0.15) is 86.8 Å². The van der Waals surface area contributed by atoms with Gasteiger partial charge in [-0.15, -0.1) is 11.3 Å². The second-order valence-electron chi connectivity index (χ2n) is 11.2. The van der Waals surface area contributed by atoms with E-state index in [1.54, 1.807) is 7.05 Å². The van der Waals surface area contributed by atoms with Crippen LogP contribution in [0, 0.1) is 11.6 Å². The molecule has 4 rings (SSSR count). The third-order valence-corrected chi connectivity index (χ3v) is 8.88. The minimum Gasteiger partial charge on any atom is -0.372 e. The number of allylic oxidation sites excluding steroid dienone is 4. The molecule has 9 heteroatoms. The molecular formula is C37H48F2N4O2S. The molecule has 1 aromatic carbocycles. The van der Waals surface area contributed by atoms with Crippen molar-refractivity contribution in [2.75, 3.05) is 23.7 Å². The van der Waals surface area contributed by atoms with Gasteiger partial charge in [0.05, 0.1) is 10.6 Å². The predicted molar refractivity (Wildman–Crippen MR) is 190 cm³/mol. The van der Waals surface area contributed by atoms with E-state index in [2.05, 4.69) is 36.0 Å². The molecule has 0 radical (unpaired) electrons. The Kier molecular flexibility index (Phi) is 14.0. The van der Waals surface area contributed by atoms with E-state index in [1.807, 2.05) is 45.1 Å². The maximum Gasteiger partial charge on any atom is 0.273 e. The average Bonchev–Trinajstić information content (AvgIpc) is 3.32. The van der Waals surface area contributed by atoms with Gasteiger partial charge in [0.2, 0.25) is 0 Å². The van der Waals surface area contributed by atoms with Crippen molar-refractivity contribution < 1.29 is 13.6 Å². The van der Waals surface area contributed by atoms with E-state index in [1.165, 1.54) is 45.0 Å². The van der Waals surface area contributed by atoms with Gasteiger partial charge in [-0.1, -0.05) is 40.7 Å². The molecule has 0 unspecified atom stereocenters. The highest BCUT2D eigenvalue weighted by molar-refractivity contribution is 7.14. The molecule has 1 aliphatic rings. The molecule has 6 nitrogen and oxygen atoms in total. The van der Waals surface area contributed by atoms with Gasteiger partial charge in [-0.2, -0.15) is 0 Å². The molecule has 0 saturated carbocycles. The largest absolute Gasteiger partial charge is 0.372 e. The molecule has 248 valence electrons. The summed E-state index contributed by atoms with van der Waals surface area (Å²) in [7, 11) is 1.56. The number of rotatable bonds is 12. The third kappa shape index (κ3) is 9.28. The zero-order valence-corrected chi connectivity index (χ0v) is 28.9. The molecule has 0 saturated heterocycles. The average molecular weight is 651 g/mol. The minimum atomic E-state index is -0.778. The molecule has 0 bridgehead atoms. The number of hydrogen-bond donors (Lipinski definition) is 2. The molecule has 0 fully saturated rings. The second-order valence-corrected chi connectivity index (χ2v) is 12.3. The fourth-order valence-electron chi connectivity index (χ4n) is 5.48. The van der Waals surface area contributed by atoms with Crippen LogP contribution < -0.4 is 16.2 Å². The van der Waals surface area contributed by atoms with Crippen LogP contribution in [0.2, 0.25) is 0 Å². The fraction of sp³-hybridized carbons (Fsp3) is 0.405. The zero-order valence-electron chi connectivity index (χ0n) is 28.1. The van der Waals surface area contributed by atoms with E-state index in [9.17, 15) is 14.0 Å². The molecule has 0 atom stereocenters. The van der Waals surface area contributed by atoms with Crippen LogP contribution in [0.4, 0.5) is 20.2 Å². The van der Waals surface area contributed by atoms with E-state index >= 15 is 4.39 Å². The van der Waals surface area contributed by atoms with Crippen LogP contribution in [0.25, 0.3) is 11.1 Å². The Hall–Kier alpha value is -3.98. The lowest BCUT2D eigenvalue weighted by Crippen LogP contribution is -2.23. The molecule has 1 aliphatic carbocycles. The number of pyridine rings is 1. The standard InChI is InChI=1S/C35H42F2N4O2S.C2H6/c1-6-16-41(17-7-2)27(8-3)15-14-23(4)38-30-18-25(22-40(5)35(30)43)28-20-26(36)21-29(33(28)37)39-34(42)32-19-24-12-10-9-11-13-31(24)44-32;1-2/h8,14-15,18-22,38H,3,6-7,9-13,16-17H2,1-2,4-5H3,(H,39,42);1-2H3/b23-14+,27-15+;. The number of amides is 1. The topological polar surface area (TPSA) is 66.4 Å². The van der Waals surface area contributed by atoms with Crippen molar-refractivity contribution in [2.24, 2.45) is 7.05 Å². The lowest BCUT2D eigenvalue weighted by atomic mass is 10.0. The molecule has 2 N–H and O–H groups in total. The van der Waals surface area contributed by atoms with Gasteiger partial charge in [0.15, 0.2) is 5.82 Å². The number of hydrogen-bond acceptors (Lipinski definition) is 5. The Labute approximate surface area is 276 Å². The van der Waals surface area contributed by atoms with Crippen LogP contribution in [-0.2, 0) is 19.9 Å². The maximum absolute atomic E-state index is 15.9. The summed E-state index contributed by atoms with van der Waals surface area (Å²) in [5, 5.41) is 5.70. The Morgan fingerprint density at radius 2 is 1.70 bits per heavy atom. The normalized spacial score (nSPS) is 13.2. The summed E-state index contributed by atoms with van der Waals surface area (Å²) >= 11 is 1.42. The number of fused-ring (bicyclic) bond motifs is 1. The van der Waals surface area contributed by atoms with Gasteiger partial charge >= 0.3 is 0 Å². The van der Waals surface area contributed by atoms with Crippen molar-refractivity contribution >= 4 is 28.6 Å². The number of benzene rings is 1. The first-order valence-electron chi connectivity index (χ1n) is 16.3. The predicted octanol–water partition coefficient (Wildman–Crippen LogP) is 9.45. The fourth-order valence-corrected chi connectivity index (χ4v) is 6.63. The van der Waals surface area contributed by atoms with Gasteiger partial charge < -0.3 is 20.1 Å². The van der Waals surface area contributed by atoms with E-state index < -0.39 is 17.5 Å². The first-order valence-corrected chi connectivity index (χ1v) is 17.1. The van der Waals surface area contributed by atoms with Crippen molar-refractivity contribution in [3.8, 4) is 11.1 Å². The van der Waals surface area contributed by atoms with E-state index in [0.717, 1.165) is 69.4 Å². The van der Waals surface area contributed by atoms with Gasteiger partial charge in [0.25, 0.3) is 11.5 Å². The summed E-state index contributed by atoms with van der Waals surface area (Å²) in [6.45, 7) is 15.9. The highest BCUT2D eigenvalue weighted by atomic mass is 32.1. The first kappa shape index (κ1) is 36.5. The smallest absolute Gasteiger partial charge is 0.273 e. The Bertz CT molecular complexity index is 1610. The monoisotopic (exact) mass is 650 g/mol. The maximum atomic E-state index is 15.9. The molecule has 0 aliphatic heterocycles. The second kappa shape index (κ2) is 17.6. The summed E-state index contributed by atoms with van der Waals surface area (Å²) in [5.74, 6) is -1.95. The Morgan fingerprint density at radius 3 is 2.37 bits per heavy atom. The molecule has 1 amide bonds. The SMILES string of the molecule is C=C/C(=C\C=C(/C)Nc1cc(-c2cc(F)cc(NC(=O)c3cc4c(s3)CCCCC4)c2F)cn(C)c1=O)N(CCC)CCC.CC. The summed E-state index contributed by atoms with van der Waals surface area (Å²) in [6, 6.07) is 5.42. The van der Waals surface area contributed by atoms with Gasteiger partial charge in [0, 0.05) is 59.8 Å². The molecule has 2 heterocycles. The lowest BCUT2D eigenvalue weighted by molar-refractivity contribution is 0.103. The van der Waals surface area contributed by atoms with E-state index in [4.69, 9.17) is 0 Å². The number of carbonyl (C=O) groups excluding carboxylic acids is 1. The third-order valence-electron chi connectivity index (χ3n) is 7.65. The number of aryl methyl sites for hydroxylation is 3. The van der Waals surface area contributed by atoms with Gasteiger partial charge in [0.1, 0.15) is 11.5 Å². The molecule has 0 spiro atoms. The van der Waals surface area contributed by atoms with E-state index in [-0.39, 0.29) is 28.1 Å². The Balaban J connectivity index is 0.00000282. The van der Waals surface area contributed by atoms with Gasteiger partial charge in [-0.05, 0) is 87.4 Å². The van der Waals surface area contributed by atoms with Crippen LogP contribution in [0.5, 0.6) is 0 Å². The highest BCUT2D eigenvalue weighted by Gasteiger charge is 2.20. The number of nitrogens with one attached hydrogen (secondary N) is 2. The molecule has 2 aromatic heterocycles. The summed E-state index contributed by atoms with van der Waals surface area (Å²) in [4.78, 5) is 30.0. The van der Waals surface area contributed by atoms with Gasteiger partial charge in [-0.25, -0.2) is 8.78 Å². The van der Waals surface area contributed by atoms with Crippen molar-refractivity contribution in [3.05, 3.63) is 104 Å². The van der Waals surface area contributed by atoms with Crippen LogP contribution >= 0.6 is 11.3 Å². The van der Waals surface area contributed by atoms with Crippen LogP contribution in [0.3, 0.4) is 0 Å². The van der Waals surface area contributed by atoms with Crippen LogP contribution in [0.15, 0.2) is 71.5 Å². The zero-order chi connectivity index (χ0) is 33.8. The quantitative estimate of drug-likeness (QED) is 0.151. The summed E-state index contributed by atoms with van der Waals surface area (Å²) in [6.07, 6.45) is 14.3. The highest BCUT2D eigenvalue weighted by Crippen LogP contribution is 2.32. The number of nitrogens with zero attached hydrogens (tertiary/aromatic N) is 2. The van der Waals surface area contributed by atoms with Gasteiger partial charge in [-0.3, -0.25) is 9.59 Å². The molecule has 3 aromatic rings.